The number of halogens is 3. The zero-order chi connectivity index (χ0) is 13.2. The molecule has 1 aliphatic rings. The molecule has 1 aromatic carbocycles. The average Bonchev–Trinajstić information content (AvgIpc) is 2.73. The van der Waals surface area contributed by atoms with Gasteiger partial charge in [0.05, 0.1) is 0 Å². The van der Waals surface area contributed by atoms with Crippen molar-refractivity contribution in [1.29, 1.82) is 0 Å². The molecule has 0 bridgehead atoms. The first-order chi connectivity index (χ1) is 8.50. The first kappa shape index (κ1) is 13.7. The van der Waals surface area contributed by atoms with Gasteiger partial charge in [-0.15, -0.1) is 0 Å². The van der Waals surface area contributed by atoms with E-state index in [1.54, 1.807) is 0 Å². The Bertz CT molecular complexity index is 430. The molecule has 1 unspecified atom stereocenters. The molecule has 0 aromatic heterocycles. The van der Waals surface area contributed by atoms with Gasteiger partial charge in [0.1, 0.15) is 5.82 Å². The average molecular weight is 275 g/mol. The maximum Gasteiger partial charge on any atom is 0.161 e. The molecule has 1 N–H and O–H groups in total. The molecule has 1 saturated heterocycles. The van der Waals surface area contributed by atoms with E-state index in [0.29, 0.717) is 6.07 Å². The maximum atomic E-state index is 13.4. The van der Waals surface area contributed by atoms with Crippen LogP contribution in [0, 0.1) is 17.5 Å². The van der Waals surface area contributed by atoms with Crippen LogP contribution in [-0.4, -0.2) is 17.0 Å². The minimum Gasteiger partial charge on any atom is -0.311 e. The van der Waals surface area contributed by atoms with Crippen LogP contribution in [-0.2, 0) is 6.54 Å². The second kappa shape index (κ2) is 5.53. The first-order valence-corrected chi connectivity index (χ1v) is 6.97. The van der Waals surface area contributed by atoms with Crippen LogP contribution in [0.1, 0.15) is 25.3 Å². The summed E-state index contributed by atoms with van der Waals surface area (Å²) in [6.07, 6.45) is 2.33. The Morgan fingerprint density at radius 2 is 1.94 bits per heavy atom. The third-order valence-electron chi connectivity index (χ3n) is 3.20. The van der Waals surface area contributed by atoms with E-state index in [4.69, 9.17) is 0 Å². The molecule has 1 aromatic rings. The quantitative estimate of drug-likeness (QED) is 0.844. The molecular formula is C13H16F3NS. The van der Waals surface area contributed by atoms with E-state index in [1.165, 1.54) is 6.42 Å². The Morgan fingerprint density at radius 3 is 2.61 bits per heavy atom. The lowest BCUT2D eigenvalue weighted by atomic mass is 10.1. The second-order valence-electron chi connectivity index (χ2n) is 4.86. The summed E-state index contributed by atoms with van der Waals surface area (Å²) in [5.41, 5.74) is 0.167. The Balaban J connectivity index is 1.92. The lowest BCUT2D eigenvalue weighted by Gasteiger charge is -2.23. The van der Waals surface area contributed by atoms with Crippen molar-refractivity contribution in [3.63, 3.8) is 0 Å². The topological polar surface area (TPSA) is 12.0 Å². The van der Waals surface area contributed by atoms with Gasteiger partial charge in [-0.25, -0.2) is 13.2 Å². The molecule has 0 amide bonds. The molecule has 0 aliphatic carbocycles. The highest BCUT2D eigenvalue weighted by Gasteiger charge is 2.28. The molecule has 2 rings (SSSR count). The summed E-state index contributed by atoms with van der Waals surface area (Å²) in [7, 11) is 0. The summed E-state index contributed by atoms with van der Waals surface area (Å²) >= 11 is 1.90. The van der Waals surface area contributed by atoms with Gasteiger partial charge in [-0.3, -0.25) is 0 Å². The molecule has 1 nitrogen and oxygen atoms in total. The fourth-order valence-corrected chi connectivity index (χ4v) is 3.41. The molecule has 1 heterocycles. The highest BCUT2D eigenvalue weighted by atomic mass is 32.2. The van der Waals surface area contributed by atoms with Gasteiger partial charge in [-0.2, -0.15) is 11.8 Å². The van der Waals surface area contributed by atoms with Gasteiger partial charge < -0.3 is 5.32 Å². The summed E-state index contributed by atoms with van der Waals surface area (Å²) in [4.78, 5) is 0. The molecule has 0 saturated carbocycles. The fourth-order valence-electron chi connectivity index (χ4n) is 2.14. The van der Waals surface area contributed by atoms with Crippen molar-refractivity contribution in [2.24, 2.45) is 0 Å². The minimum atomic E-state index is -1.14. The molecule has 18 heavy (non-hydrogen) atoms. The first-order valence-electron chi connectivity index (χ1n) is 5.98. The van der Waals surface area contributed by atoms with Crippen molar-refractivity contribution >= 4 is 11.8 Å². The highest BCUT2D eigenvalue weighted by Crippen LogP contribution is 2.37. The van der Waals surface area contributed by atoms with Gasteiger partial charge in [-0.05, 0) is 31.6 Å². The number of rotatable bonds is 4. The van der Waals surface area contributed by atoms with Crippen molar-refractivity contribution in [2.75, 3.05) is 12.3 Å². The number of benzene rings is 1. The lowest BCUT2D eigenvalue weighted by molar-refractivity contribution is 0.482. The number of thioether (sulfide) groups is 1. The van der Waals surface area contributed by atoms with Gasteiger partial charge in [0.2, 0.25) is 0 Å². The van der Waals surface area contributed by atoms with Crippen LogP contribution in [0.4, 0.5) is 13.2 Å². The predicted molar refractivity (Wildman–Crippen MR) is 68.1 cm³/mol. The van der Waals surface area contributed by atoms with Crippen LogP contribution in [0.5, 0.6) is 0 Å². The largest absolute Gasteiger partial charge is 0.311 e. The lowest BCUT2D eigenvalue weighted by Crippen LogP contribution is -2.32. The SMILES string of the molecule is CC1(CNCc2cc(F)c(F)cc2F)CCCS1. The van der Waals surface area contributed by atoms with Gasteiger partial charge in [0.15, 0.2) is 11.6 Å². The Labute approximate surface area is 109 Å². The smallest absolute Gasteiger partial charge is 0.161 e. The van der Waals surface area contributed by atoms with E-state index in [-0.39, 0.29) is 16.9 Å². The van der Waals surface area contributed by atoms with Crippen LogP contribution < -0.4 is 5.32 Å². The van der Waals surface area contributed by atoms with E-state index in [2.05, 4.69) is 12.2 Å². The van der Waals surface area contributed by atoms with Gasteiger partial charge in [0.25, 0.3) is 0 Å². The molecule has 100 valence electrons. The Morgan fingerprint density at radius 1 is 1.22 bits per heavy atom. The summed E-state index contributed by atoms with van der Waals surface area (Å²) in [5, 5.41) is 3.12. The van der Waals surface area contributed by atoms with Crippen LogP contribution in [0.2, 0.25) is 0 Å². The van der Waals surface area contributed by atoms with Crippen molar-refractivity contribution in [3.8, 4) is 0 Å². The standard InChI is InChI=1S/C13H16F3NS/c1-13(3-2-4-18-13)8-17-7-9-5-11(15)12(16)6-10(9)14/h5-6,17H,2-4,7-8H2,1H3. The van der Waals surface area contributed by atoms with E-state index in [1.807, 2.05) is 11.8 Å². The van der Waals surface area contributed by atoms with E-state index in [0.717, 1.165) is 24.8 Å². The van der Waals surface area contributed by atoms with Crippen LogP contribution in [0.15, 0.2) is 12.1 Å². The zero-order valence-electron chi connectivity index (χ0n) is 10.2. The normalized spacial score (nSPS) is 23.6. The zero-order valence-corrected chi connectivity index (χ0v) is 11.0. The Hall–Kier alpha value is -0.680. The third-order valence-corrected chi connectivity index (χ3v) is 4.74. The molecule has 1 aliphatic heterocycles. The molecule has 1 atom stereocenters. The summed E-state index contributed by atoms with van der Waals surface area (Å²) < 4.78 is 39.3. The Kier molecular flexibility index (Phi) is 4.22. The summed E-state index contributed by atoms with van der Waals surface area (Å²) in [6.45, 7) is 3.13. The summed E-state index contributed by atoms with van der Waals surface area (Å²) in [5.74, 6) is -1.70. The van der Waals surface area contributed by atoms with Gasteiger partial charge in [-0.1, -0.05) is 0 Å². The monoisotopic (exact) mass is 275 g/mol. The highest BCUT2D eigenvalue weighted by molar-refractivity contribution is 8.00. The second-order valence-corrected chi connectivity index (χ2v) is 6.55. The molecular weight excluding hydrogens is 259 g/mol. The number of hydrogen-bond donors (Lipinski definition) is 1. The van der Waals surface area contributed by atoms with E-state index < -0.39 is 17.5 Å². The third kappa shape index (κ3) is 3.20. The van der Waals surface area contributed by atoms with Crippen LogP contribution >= 0.6 is 11.8 Å². The minimum absolute atomic E-state index is 0.167. The van der Waals surface area contributed by atoms with Crippen LogP contribution in [0.3, 0.4) is 0 Å². The van der Waals surface area contributed by atoms with Crippen molar-refractivity contribution in [1.82, 2.24) is 5.32 Å². The van der Waals surface area contributed by atoms with E-state index in [9.17, 15) is 13.2 Å². The van der Waals surface area contributed by atoms with Crippen molar-refractivity contribution in [3.05, 3.63) is 35.1 Å². The summed E-state index contributed by atoms with van der Waals surface area (Å²) in [6, 6.07) is 1.51. The van der Waals surface area contributed by atoms with Crippen molar-refractivity contribution in [2.45, 2.75) is 31.1 Å². The number of nitrogens with one attached hydrogen (secondary N) is 1. The van der Waals surface area contributed by atoms with Gasteiger partial charge >= 0.3 is 0 Å². The molecule has 0 radical (unpaired) electrons. The van der Waals surface area contributed by atoms with Crippen molar-refractivity contribution < 1.29 is 13.2 Å². The van der Waals surface area contributed by atoms with Crippen LogP contribution in [0.25, 0.3) is 0 Å². The molecule has 5 heteroatoms. The maximum absolute atomic E-state index is 13.4. The molecule has 0 spiro atoms. The van der Waals surface area contributed by atoms with E-state index >= 15 is 0 Å². The predicted octanol–water partition coefficient (Wildman–Crippen LogP) is 3.48. The number of hydrogen-bond acceptors (Lipinski definition) is 2. The van der Waals surface area contributed by atoms with Gasteiger partial charge in [0, 0.05) is 29.5 Å². The molecule has 1 fully saturated rings. The fraction of sp³-hybridized carbons (Fsp3) is 0.538.